The third kappa shape index (κ3) is 3.83. The molecule has 0 amide bonds. The van der Waals surface area contributed by atoms with Crippen LogP contribution in [0.1, 0.15) is 45.1 Å². The lowest BCUT2D eigenvalue weighted by Gasteiger charge is -2.40. The SMILES string of the molecule is CC(CC(CN)N1CCC(C)C(C)C1)c1ccccc1. The Balaban J connectivity index is 1.95. The number of piperidine rings is 1. The van der Waals surface area contributed by atoms with Gasteiger partial charge in [-0.2, -0.15) is 0 Å². The second-order valence-corrected chi connectivity index (χ2v) is 6.68. The highest BCUT2D eigenvalue weighted by Crippen LogP contribution is 2.27. The third-order valence-electron chi connectivity index (χ3n) is 5.15. The lowest BCUT2D eigenvalue weighted by atomic mass is 9.86. The zero-order valence-corrected chi connectivity index (χ0v) is 13.3. The number of likely N-dealkylation sites (tertiary alicyclic amines) is 1. The summed E-state index contributed by atoms with van der Waals surface area (Å²) < 4.78 is 0. The van der Waals surface area contributed by atoms with Gasteiger partial charge in [-0.25, -0.2) is 0 Å². The van der Waals surface area contributed by atoms with Crippen molar-refractivity contribution >= 4 is 0 Å². The second kappa shape index (κ2) is 7.24. The monoisotopic (exact) mass is 274 g/mol. The van der Waals surface area contributed by atoms with Crippen LogP contribution in [0.15, 0.2) is 30.3 Å². The molecule has 2 nitrogen and oxygen atoms in total. The van der Waals surface area contributed by atoms with E-state index in [-0.39, 0.29) is 0 Å². The van der Waals surface area contributed by atoms with Gasteiger partial charge >= 0.3 is 0 Å². The van der Waals surface area contributed by atoms with Crippen LogP contribution in [0, 0.1) is 11.8 Å². The predicted octanol–water partition coefficient (Wildman–Crippen LogP) is 3.49. The maximum Gasteiger partial charge on any atom is 0.0224 e. The van der Waals surface area contributed by atoms with E-state index in [1.165, 1.54) is 31.5 Å². The van der Waals surface area contributed by atoms with Gasteiger partial charge in [0.25, 0.3) is 0 Å². The summed E-state index contributed by atoms with van der Waals surface area (Å²) in [5, 5.41) is 0. The van der Waals surface area contributed by atoms with E-state index in [9.17, 15) is 0 Å². The summed E-state index contributed by atoms with van der Waals surface area (Å²) in [4.78, 5) is 2.63. The maximum absolute atomic E-state index is 6.07. The van der Waals surface area contributed by atoms with Gasteiger partial charge in [0.2, 0.25) is 0 Å². The van der Waals surface area contributed by atoms with Crippen molar-refractivity contribution in [1.82, 2.24) is 4.90 Å². The predicted molar refractivity (Wildman–Crippen MR) is 86.8 cm³/mol. The highest BCUT2D eigenvalue weighted by Gasteiger charge is 2.28. The Morgan fingerprint density at radius 3 is 2.50 bits per heavy atom. The maximum atomic E-state index is 6.07. The molecule has 1 heterocycles. The number of hydrogen-bond acceptors (Lipinski definition) is 2. The van der Waals surface area contributed by atoms with Crippen molar-refractivity contribution in [2.45, 2.75) is 45.6 Å². The minimum Gasteiger partial charge on any atom is -0.329 e. The van der Waals surface area contributed by atoms with Gasteiger partial charge < -0.3 is 5.73 Å². The van der Waals surface area contributed by atoms with Crippen LogP contribution in [-0.4, -0.2) is 30.6 Å². The average molecular weight is 274 g/mol. The topological polar surface area (TPSA) is 29.3 Å². The molecule has 1 aliphatic heterocycles. The number of rotatable bonds is 5. The normalized spacial score (nSPS) is 27.2. The molecule has 0 aromatic heterocycles. The number of benzene rings is 1. The minimum absolute atomic E-state index is 0.528. The Morgan fingerprint density at radius 1 is 1.20 bits per heavy atom. The van der Waals surface area contributed by atoms with Crippen LogP contribution in [0.5, 0.6) is 0 Å². The second-order valence-electron chi connectivity index (χ2n) is 6.68. The van der Waals surface area contributed by atoms with Gasteiger partial charge in [0.05, 0.1) is 0 Å². The molecule has 0 saturated carbocycles. The Kier molecular flexibility index (Phi) is 5.62. The Morgan fingerprint density at radius 2 is 1.90 bits per heavy atom. The van der Waals surface area contributed by atoms with Crippen LogP contribution in [0.3, 0.4) is 0 Å². The van der Waals surface area contributed by atoms with E-state index in [2.05, 4.69) is 56.0 Å². The molecule has 2 heteroatoms. The summed E-state index contributed by atoms with van der Waals surface area (Å²) in [5.74, 6) is 2.24. The molecule has 0 radical (unpaired) electrons. The fourth-order valence-corrected chi connectivity index (χ4v) is 3.35. The van der Waals surface area contributed by atoms with Gasteiger partial charge in [-0.15, -0.1) is 0 Å². The lowest BCUT2D eigenvalue weighted by molar-refractivity contribution is 0.0915. The van der Waals surface area contributed by atoms with Crippen molar-refractivity contribution < 1.29 is 0 Å². The van der Waals surface area contributed by atoms with Crippen molar-refractivity contribution in [3.05, 3.63) is 35.9 Å². The number of nitrogens with two attached hydrogens (primary N) is 1. The van der Waals surface area contributed by atoms with Crippen molar-refractivity contribution in [3.8, 4) is 0 Å². The van der Waals surface area contributed by atoms with Crippen LogP contribution in [-0.2, 0) is 0 Å². The highest BCUT2D eigenvalue weighted by atomic mass is 15.2. The van der Waals surface area contributed by atoms with Crippen LogP contribution < -0.4 is 5.73 Å². The first-order valence-electron chi connectivity index (χ1n) is 8.10. The number of hydrogen-bond donors (Lipinski definition) is 1. The molecule has 1 aliphatic rings. The Hall–Kier alpha value is -0.860. The van der Waals surface area contributed by atoms with Crippen LogP contribution in [0.25, 0.3) is 0 Å². The van der Waals surface area contributed by atoms with Gasteiger partial charge in [-0.1, -0.05) is 51.1 Å². The molecular formula is C18H30N2. The van der Waals surface area contributed by atoms with E-state index in [1.807, 2.05) is 0 Å². The molecule has 1 aromatic carbocycles. The van der Waals surface area contributed by atoms with Gasteiger partial charge in [0.15, 0.2) is 0 Å². The Labute approximate surface area is 124 Å². The van der Waals surface area contributed by atoms with Gasteiger partial charge in [0, 0.05) is 19.1 Å². The molecule has 20 heavy (non-hydrogen) atoms. The van der Waals surface area contributed by atoms with Crippen molar-refractivity contribution in [2.75, 3.05) is 19.6 Å². The molecule has 0 spiro atoms. The molecule has 2 rings (SSSR count). The minimum atomic E-state index is 0.528. The molecule has 4 unspecified atom stereocenters. The fourth-order valence-electron chi connectivity index (χ4n) is 3.35. The highest BCUT2D eigenvalue weighted by molar-refractivity contribution is 5.19. The van der Waals surface area contributed by atoms with Gasteiger partial charge in [0.1, 0.15) is 0 Å². The molecule has 1 fully saturated rings. The van der Waals surface area contributed by atoms with E-state index < -0.39 is 0 Å². The van der Waals surface area contributed by atoms with E-state index >= 15 is 0 Å². The van der Waals surface area contributed by atoms with Crippen LogP contribution in [0.4, 0.5) is 0 Å². The van der Waals surface area contributed by atoms with E-state index in [1.54, 1.807) is 0 Å². The summed E-state index contributed by atoms with van der Waals surface area (Å²) in [6.07, 6.45) is 2.49. The van der Waals surface area contributed by atoms with Gasteiger partial charge in [-0.05, 0) is 42.7 Å². The van der Waals surface area contributed by atoms with Crippen molar-refractivity contribution in [1.29, 1.82) is 0 Å². The van der Waals surface area contributed by atoms with Crippen molar-refractivity contribution in [3.63, 3.8) is 0 Å². The molecule has 2 N–H and O–H groups in total. The van der Waals surface area contributed by atoms with Crippen molar-refractivity contribution in [2.24, 2.45) is 17.6 Å². The first-order valence-corrected chi connectivity index (χ1v) is 8.10. The standard InChI is InChI=1S/C18H30N2/c1-14-9-10-20(13-16(14)3)18(12-19)11-15(2)17-7-5-4-6-8-17/h4-8,14-16,18H,9-13,19H2,1-3H3. The summed E-state index contributed by atoms with van der Waals surface area (Å²) in [6, 6.07) is 11.4. The molecule has 1 aromatic rings. The zero-order valence-electron chi connectivity index (χ0n) is 13.3. The summed E-state index contributed by atoms with van der Waals surface area (Å²) in [5.41, 5.74) is 7.50. The average Bonchev–Trinajstić information content (AvgIpc) is 2.48. The molecule has 4 atom stereocenters. The first-order chi connectivity index (χ1) is 9.61. The third-order valence-corrected chi connectivity index (χ3v) is 5.15. The van der Waals surface area contributed by atoms with Gasteiger partial charge in [-0.3, -0.25) is 4.90 Å². The summed E-state index contributed by atoms with van der Waals surface area (Å²) in [7, 11) is 0. The quantitative estimate of drug-likeness (QED) is 0.890. The lowest BCUT2D eigenvalue weighted by Crippen LogP contribution is -2.48. The zero-order chi connectivity index (χ0) is 14.5. The summed E-state index contributed by atoms with van der Waals surface area (Å²) >= 11 is 0. The Bertz CT molecular complexity index is 390. The molecule has 1 saturated heterocycles. The largest absolute Gasteiger partial charge is 0.329 e. The smallest absolute Gasteiger partial charge is 0.0224 e. The van der Waals surface area contributed by atoms with Crippen LogP contribution in [0.2, 0.25) is 0 Å². The fraction of sp³-hybridized carbons (Fsp3) is 0.667. The van der Waals surface area contributed by atoms with Crippen LogP contribution >= 0.6 is 0 Å². The number of nitrogens with zero attached hydrogens (tertiary/aromatic N) is 1. The van der Waals surface area contributed by atoms with E-state index in [4.69, 9.17) is 5.73 Å². The molecule has 0 bridgehead atoms. The molecule has 0 aliphatic carbocycles. The van der Waals surface area contributed by atoms with E-state index in [0.717, 1.165) is 18.4 Å². The summed E-state index contributed by atoms with van der Waals surface area (Å²) in [6.45, 7) is 10.3. The first kappa shape index (κ1) is 15.5. The molecule has 112 valence electrons. The molecular weight excluding hydrogens is 244 g/mol. The van der Waals surface area contributed by atoms with E-state index in [0.29, 0.717) is 12.0 Å².